The minimum atomic E-state index is -4.62. The van der Waals surface area contributed by atoms with Gasteiger partial charge in [0.25, 0.3) is 5.91 Å². The number of hydrogen-bond donors (Lipinski definition) is 1. The van der Waals surface area contributed by atoms with Crippen LogP contribution in [0.1, 0.15) is 12.5 Å². The number of hydrogen-bond acceptors (Lipinski definition) is 6. The van der Waals surface area contributed by atoms with Crippen LogP contribution in [0.25, 0.3) is 0 Å². The van der Waals surface area contributed by atoms with E-state index in [0.717, 1.165) is 0 Å². The first-order valence-electron chi connectivity index (χ1n) is 8.10. The lowest BCUT2D eigenvalue weighted by Gasteiger charge is -2.14. The van der Waals surface area contributed by atoms with Crippen LogP contribution < -0.4 is 14.8 Å². The molecule has 11 heteroatoms. The predicted molar refractivity (Wildman–Crippen MR) is 96.9 cm³/mol. The fraction of sp³-hybridized carbons (Fsp3) is 0.278. The topological polar surface area (TPSA) is 86.8 Å². The molecule has 1 amide bonds. The van der Waals surface area contributed by atoms with Gasteiger partial charge in [-0.15, -0.1) is 0 Å². The number of ether oxygens (including phenoxy) is 3. The highest BCUT2D eigenvalue weighted by Gasteiger charge is 2.31. The molecule has 0 bridgehead atoms. The lowest BCUT2D eigenvalue weighted by molar-refractivity contribution is -0.153. The Morgan fingerprint density at radius 1 is 1.21 bits per heavy atom. The van der Waals surface area contributed by atoms with Gasteiger partial charge in [0.2, 0.25) is 0 Å². The Balaban J connectivity index is 1.85. The van der Waals surface area contributed by atoms with Gasteiger partial charge in [0.15, 0.2) is 18.5 Å². The Hall–Kier alpha value is -3.01. The van der Waals surface area contributed by atoms with Gasteiger partial charge < -0.3 is 19.5 Å². The molecule has 1 heterocycles. The summed E-state index contributed by atoms with van der Waals surface area (Å²) in [5, 5.41) is 1.76. The van der Waals surface area contributed by atoms with Gasteiger partial charge in [-0.2, -0.15) is 13.2 Å². The third-order valence-corrected chi connectivity index (χ3v) is 3.76. The molecule has 0 aliphatic heterocycles. The van der Waals surface area contributed by atoms with Crippen molar-refractivity contribution in [2.45, 2.75) is 19.2 Å². The van der Waals surface area contributed by atoms with E-state index < -0.39 is 41.3 Å². The number of carbonyl (C=O) groups excluding carboxylic acids is 2. The van der Waals surface area contributed by atoms with Crippen LogP contribution in [-0.2, 0) is 20.5 Å². The Morgan fingerprint density at radius 2 is 1.83 bits per heavy atom. The molecule has 0 fully saturated rings. The maximum atomic E-state index is 12.6. The van der Waals surface area contributed by atoms with Gasteiger partial charge >= 0.3 is 12.1 Å². The summed E-state index contributed by atoms with van der Waals surface area (Å²) in [5.74, 6) is -0.935. The van der Waals surface area contributed by atoms with Crippen molar-refractivity contribution in [3.63, 3.8) is 0 Å². The summed E-state index contributed by atoms with van der Waals surface area (Å²) in [4.78, 5) is 27.2. The molecule has 1 atom stereocenters. The SMILES string of the molecule is COc1ccc(OC(C)C(=O)OCC(=O)Nc2ncc(C(F)(F)F)cc2Cl)cc1. The monoisotopic (exact) mass is 432 g/mol. The zero-order chi connectivity index (χ0) is 21.6. The summed E-state index contributed by atoms with van der Waals surface area (Å²) in [7, 11) is 1.51. The lowest BCUT2D eigenvalue weighted by Crippen LogP contribution is -2.30. The molecule has 1 aromatic carbocycles. The molecule has 156 valence electrons. The van der Waals surface area contributed by atoms with Crippen molar-refractivity contribution < 1.29 is 37.0 Å². The number of nitrogens with zero attached hydrogens (tertiary/aromatic N) is 1. The highest BCUT2D eigenvalue weighted by atomic mass is 35.5. The van der Waals surface area contributed by atoms with Crippen LogP contribution in [0.15, 0.2) is 36.5 Å². The standard InChI is InChI=1S/C18H16ClF3N2O5/c1-10(29-13-5-3-12(27-2)4-6-13)17(26)28-9-15(25)24-16-14(19)7-11(8-23-16)18(20,21)22/h3-8,10H,9H2,1-2H3,(H,23,24,25). The maximum absolute atomic E-state index is 12.6. The Morgan fingerprint density at radius 3 is 2.38 bits per heavy atom. The number of carbonyl (C=O) groups is 2. The maximum Gasteiger partial charge on any atom is 0.417 e. The smallest absolute Gasteiger partial charge is 0.417 e. The third-order valence-electron chi connectivity index (χ3n) is 3.48. The van der Waals surface area contributed by atoms with Crippen LogP contribution in [-0.4, -0.2) is 36.7 Å². The second-order valence-corrected chi connectivity index (χ2v) is 6.05. The molecule has 0 radical (unpaired) electrons. The van der Waals surface area contributed by atoms with Gasteiger partial charge in [-0.25, -0.2) is 9.78 Å². The lowest BCUT2D eigenvalue weighted by atomic mass is 10.3. The van der Waals surface area contributed by atoms with Crippen LogP contribution in [0.4, 0.5) is 19.0 Å². The molecule has 2 rings (SSSR count). The Bertz CT molecular complexity index is 875. The molecular weight excluding hydrogens is 417 g/mol. The highest BCUT2D eigenvalue weighted by Crippen LogP contribution is 2.32. The number of nitrogens with one attached hydrogen (secondary N) is 1. The minimum absolute atomic E-state index is 0.289. The first-order chi connectivity index (χ1) is 13.6. The summed E-state index contributed by atoms with van der Waals surface area (Å²) in [6, 6.07) is 7.09. The van der Waals surface area contributed by atoms with Crippen molar-refractivity contribution in [3.8, 4) is 11.5 Å². The molecule has 0 saturated carbocycles. The van der Waals surface area contributed by atoms with Gasteiger partial charge in [0.05, 0.1) is 17.7 Å². The first kappa shape index (κ1) is 22.3. The number of halogens is 4. The van der Waals surface area contributed by atoms with E-state index in [1.165, 1.54) is 14.0 Å². The molecule has 0 aliphatic carbocycles. The van der Waals surface area contributed by atoms with E-state index in [1.807, 2.05) is 0 Å². The summed E-state index contributed by atoms with van der Waals surface area (Å²) < 4.78 is 53.0. The van der Waals surface area contributed by atoms with Crippen molar-refractivity contribution in [3.05, 3.63) is 47.1 Å². The number of aromatic nitrogens is 1. The Kier molecular flexibility index (Phi) is 7.27. The zero-order valence-electron chi connectivity index (χ0n) is 15.2. The summed E-state index contributed by atoms with van der Waals surface area (Å²) in [6.45, 7) is 0.729. The fourth-order valence-electron chi connectivity index (χ4n) is 2.01. The normalized spacial score (nSPS) is 12.1. The van der Waals surface area contributed by atoms with Gasteiger partial charge in [-0.1, -0.05) is 11.6 Å². The summed E-state index contributed by atoms with van der Waals surface area (Å²) >= 11 is 5.69. The third kappa shape index (κ3) is 6.53. The van der Waals surface area contributed by atoms with E-state index in [2.05, 4.69) is 10.3 Å². The number of rotatable bonds is 7. The van der Waals surface area contributed by atoms with Gasteiger partial charge in [-0.3, -0.25) is 4.79 Å². The minimum Gasteiger partial charge on any atom is -0.497 e. The number of anilines is 1. The molecule has 1 unspecified atom stereocenters. The number of alkyl halides is 3. The van der Waals surface area contributed by atoms with Crippen LogP contribution in [0, 0.1) is 0 Å². The molecular formula is C18H16ClF3N2O5. The Labute approximate surface area is 168 Å². The number of methoxy groups -OCH3 is 1. The number of benzene rings is 1. The molecule has 0 spiro atoms. The average molecular weight is 433 g/mol. The molecule has 1 N–H and O–H groups in total. The largest absolute Gasteiger partial charge is 0.497 e. The average Bonchev–Trinajstić information content (AvgIpc) is 2.67. The van der Waals surface area contributed by atoms with Crippen LogP contribution in [0.2, 0.25) is 5.02 Å². The van der Waals surface area contributed by atoms with Gasteiger partial charge in [0.1, 0.15) is 11.5 Å². The van der Waals surface area contributed by atoms with Crippen LogP contribution in [0.3, 0.4) is 0 Å². The highest BCUT2D eigenvalue weighted by molar-refractivity contribution is 6.33. The van der Waals surface area contributed by atoms with E-state index in [4.69, 9.17) is 25.8 Å². The molecule has 29 heavy (non-hydrogen) atoms. The van der Waals surface area contributed by atoms with Crippen molar-refractivity contribution in [2.75, 3.05) is 19.0 Å². The van der Waals surface area contributed by atoms with E-state index in [1.54, 1.807) is 24.3 Å². The van der Waals surface area contributed by atoms with Gasteiger partial charge in [0, 0.05) is 6.20 Å². The number of esters is 1. The molecule has 1 aromatic heterocycles. The van der Waals surface area contributed by atoms with Crippen molar-refractivity contribution in [1.82, 2.24) is 4.98 Å². The molecule has 0 aliphatic rings. The van der Waals surface area contributed by atoms with Crippen LogP contribution in [0.5, 0.6) is 11.5 Å². The summed E-state index contributed by atoms with van der Waals surface area (Å²) in [5.41, 5.74) is -1.06. The second kappa shape index (κ2) is 9.46. The van der Waals surface area contributed by atoms with Crippen molar-refractivity contribution in [1.29, 1.82) is 0 Å². The van der Waals surface area contributed by atoms with Crippen LogP contribution >= 0.6 is 11.6 Å². The number of amides is 1. The van der Waals surface area contributed by atoms with Gasteiger partial charge in [-0.05, 0) is 37.3 Å². The van der Waals surface area contributed by atoms with E-state index in [0.29, 0.717) is 23.8 Å². The second-order valence-electron chi connectivity index (χ2n) is 5.64. The molecule has 7 nitrogen and oxygen atoms in total. The molecule has 0 saturated heterocycles. The van der Waals surface area contributed by atoms with E-state index in [9.17, 15) is 22.8 Å². The predicted octanol–water partition coefficient (Wildman–Crippen LogP) is 3.71. The van der Waals surface area contributed by atoms with E-state index >= 15 is 0 Å². The first-order valence-corrected chi connectivity index (χ1v) is 8.48. The van der Waals surface area contributed by atoms with Crippen molar-refractivity contribution in [2.24, 2.45) is 0 Å². The van der Waals surface area contributed by atoms with E-state index in [-0.39, 0.29) is 5.82 Å². The van der Waals surface area contributed by atoms with Crippen molar-refractivity contribution >= 4 is 29.3 Å². The quantitative estimate of drug-likeness (QED) is 0.671. The number of pyridine rings is 1. The molecule has 2 aromatic rings. The fourth-order valence-corrected chi connectivity index (χ4v) is 2.23. The zero-order valence-corrected chi connectivity index (χ0v) is 16.0. The summed E-state index contributed by atoms with van der Waals surface area (Å²) in [6.07, 6.45) is -5.10.